The Bertz CT molecular complexity index is 415. The van der Waals surface area contributed by atoms with Crippen LogP contribution in [0.3, 0.4) is 0 Å². The van der Waals surface area contributed by atoms with Gasteiger partial charge in [-0.2, -0.15) is 0 Å². The summed E-state index contributed by atoms with van der Waals surface area (Å²) in [5.41, 5.74) is 2.73. The predicted molar refractivity (Wildman–Crippen MR) is 66.1 cm³/mol. The second-order valence-corrected chi connectivity index (χ2v) is 4.13. The molecule has 0 aliphatic heterocycles. The second-order valence-electron chi connectivity index (χ2n) is 4.13. The maximum absolute atomic E-state index is 10.8. The number of aryl methyl sites for hydroxylation is 2. The summed E-state index contributed by atoms with van der Waals surface area (Å²) in [6, 6.07) is 3.78. The number of hydrogen-bond acceptors (Lipinski definition) is 3. The van der Waals surface area contributed by atoms with Gasteiger partial charge >= 0.3 is 0 Å². The van der Waals surface area contributed by atoms with Crippen molar-refractivity contribution in [1.29, 1.82) is 0 Å². The van der Waals surface area contributed by atoms with Crippen molar-refractivity contribution in [2.45, 2.75) is 26.9 Å². The van der Waals surface area contributed by atoms with E-state index in [1.54, 1.807) is 7.11 Å². The van der Waals surface area contributed by atoms with Gasteiger partial charge in [-0.05, 0) is 42.7 Å². The van der Waals surface area contributed by atoms with Gasteiger partial charge in [-0.25, -0.2) is 0 Å². The first-order valence-corrected chi connectivity index (χ1v) is 5.53. The Morgan fingerprint density at radius 3 is 2.59 bits per heavy atom. The molecule has 1 atom stereocenters. The molecule has 17 heavy (non-hydrogen) atoms. The Morgan fingerprint density at radius 2 is 2.06 bits per heavy atom. The van der Waals surface area contributed by atoms with E-state index in [2.05, 4.69) is 5.32 Å². The number of methoxy groups -OCH3 is 1. The Labute approximate surface area is 102 Å². The SMILES string of the molecule is COc1cc(C)c(C(O)CNC(C)=O)cc1C. The number of amides is 1. The summed E-state index contributed by atoms with van der Waals surface area (Å²) >= 11 is 0. The molecule has 1 aromatic rings. The van der Waals surface area contributed by atoms with Gasteiger partial charge in [0, 0.05) is 13.5 Å². The van der Waals surface area contributed by atoms with Crippen LogP contribution < -0.4 is 10.1 Å². The Kier molecular flexibility index (Phi) is 4.52. The summed E-state index contributed by atoms with van der Waals surface area (Å²) < 4.78 is 5.21. The third kappa shape index (κ3) is 3.46. The molecule has 0 aliphatic rings. The van der Waals surface area contributed by atoms with Crippen LogP contribution in [0.4, 0.5) is 0 Å². The number of aliphatic hydroxyl groups is 1. The lowest BCUT2D eigenvalue weighted by molar-refractivity contribution is -0.119. The Morgan fingerprint density at radius 1 is 1.41 bits per heavy atom. The number of hydrogen-bond donors (Lipinski definition) is 2. The topological polar surface area (TPSA) is 58.6 Å². The molecule has 0 bridgehead atoms. The van der Waals surface area contributed by atoms with Crippen LogP contribution in [0.2, 0.25) is 0 Å². The fraction of sp³-hybridized carbons (Fsp3) is 0.462. The van der Waals surface area contributed by atoms with Gasteiger partial charge in [0.2, 0.25) is 5.91 Å². The normalized spacial score (nSPS) is 12.1. The van der Waals surface area contributed by atoms with E-state index in [0.29, 0.717) is 0 Å². The number of ether oxygens (including phenoxy) is 1. The summed E-state index contributed by atoms with van der Waals surface area (Å²) in [5, 5.41) is 12.6. The maximum Gasteiger partial charge on any atom is 0.216 e. The zero-order valence-electron chi connectivity index (χ0n) is 10.7. The van der Waals surface area contributed by atoms with Gasteiger partial charge in [-0.15, -0.1) is 0 Å². The number of aliphatic hydroxyl groups excluding tert-OH is 1. The van der Waals surface area contributed by atoms with Gasteiger partial charge in [-0.1, -0.05) is 0 Å². The quantitative estimate of drug-likeness (QED) is 0.834. The zero-order valence-corrected chi connectivity index (χ0v) is 10.7. The van der Waals surface area contributed by atoms with Crippen LogP contribution in [0, 0.1) is 13.8 Å². The van der Waals surface area contributed by atoms with Crippen molar-refractivity contribution in [3.05, 3.63) is 28.8 Å². The largest absolute Gasteiger partial charge is 0.496 e. The van der Waals surface area contributed by atoms with E-state index in [-0.39, 0.29) is 12.5 Å². The molecule has 0 saturated carbocycles. The van der Waals surface area contributed by atoms with Crippen molar-refractivity contribution in [3.8, 4) is 5.75 Å². The van der Waals surface area contributed by atoms with Gasteiger partial charge < -0.3 is 15.2 Å². The van der Waals surface area contributed by atoms with Crippen LogP contribution in [0.25, 0.3) is 0 Å². The van der Waals surface area contributed by atoms with Gasteiger partial charge in [0.25, 0.3) is 0 Å². The molecule has 1 rings (SSSR count). The van der Waals surface area contributed by atoms with Gasteiger partial charge in [-0.3, -0.25) is 4.79 Å². The second kappa shape index (κ2) is 5.68. The van der Waals surface area contributed by atoms with Crippen molar-refractivity contribution in [2.75, 3.05) is 13.7 Å². The van der Waals surface area contributed by atoms with Crippen molar-refractivity contribution in [2.24, 2.45) is 0 Å². The third-order valence-electron chi connectivity index (χ3n) is 2.69. The average molecular weight is 237 g/mol. The highest BCUT2D eigenvalue weighted by molar-refractivity contribution is 5.72. The number of benzene rings is 1. The van der Waals surface area contributed by atoms with E-state index in [0.717, 1.165) is 22.4 Å². The van der Waals surface area contributed by atoms with Crippen LogP contribution in [0.1, 0.15) is 29.7 Å². The summed E-state index contributed by atoms with van der Waals surface area (Å²) in [5.74, 6) is 0.657. The molecule has 0 fully saturated rings. The highest BCUT2D eigenvalue weighted by atomic mass is 16.5. The van der Waals surface area contributed by atoms with Crippen molar-refractivity contribution in [3.63, 3.8) is 0 Å². The molecule has 0 heterocycles. The molecule has 0 radical (unpaired) electrons. The van der Waals surface area contributed by atoms with E-state index < -0.39 is 6.10 Å². The number of rotatable bonds is 4. The van der Waals surface area contributed by atoms with Gasteiger partial charge in [0.15, 0.2) is 0 Å². The molecule has 0 aliphatic carbocycles. The van der Waals surface area contributed by atoms with Gasteiger partial charge in [0.1, 0.15) is 5.75 Å². The minimum atomic E-state index is -0.691. The fourth-order valence-electron chi connectivity index (χ4n) is 1.74. The molecular weight excluding hydrogens is 218 g/mol. The number of nitrogens with one attached hydrogen (secondary N) is 1. The smallest absolute Gasteiger partial charge is 0.216 e. The highest BCUT2D eigenvalue weighted by Crippen LogP contribution is 2.26. The molecule has 2 N–H and O–H groups in total. The summed E-state index contributed by atoms with van der Waals surface area (Å²) in [7, 11) is 1.62. The van der Waals surface area contributed by atoms with Crippen LogP contribution >= 0.6 is 0 Å². The minimum absolute atomic E-state index is 0.146. The molecular formula is C13H19NO3. The van der Waals surface area contributed by atoms with Crippen molar-refractivity contribution in [1.82, 2.24) is 5.32 Å². The average Bonchev–Trinajstić information content (AvgIpc) is 2.28. The first-order chi connectivity index (χ1) is 7.95. The lowest BCUT2D eigenvalue weighted by Gasteiger charge is -2.16. The van der Waals surface area contributed by atoms with E-state index in [9.17, 15) is 9.90 Å². The molecule has 0 saturated heterocycles. The standard InChI is InChI=1S/C13H19NO3/c1-8-6-13(17-4)9(2)5-11(8)12(16)7-14-10(3)15/h5-6,12,16H,7H2,1-4H3,(H,14,15). The first-order valence-electron chi connectivity index (χ1n) is 5.53. The molecule has 1 amide bonds. The van der Waals surface area contributed by atoms with Gasteiger partial charge in [0.05, 0.1) is 13.2 Å². The minimum Gasteiger partial charge on any atom is -0.496 e. The zero-order chi connectivity index (χ0) is 13.0. The molecule has 0 spiro atoms. The molecule has 4 heteroatoms. The molecule has 1 aromatic carbocycles. The fourth-order valence-corrected chi connectivity index (χ4v) is 1.74. The molecule has 4 nitrogen and oxygen atoms in total. The van der Waals surface area contributed by atoms with E-state index in [1.165, 1.54) is 6.92 Å². The maximum atomic E-state index is 10.8. The summed E-state index contributed by atoms with van der Waals surface area (Å²) in [6.07, 6.45) is -0.691. The third-order valence-corrected chi connectivity index (χ3v) is 2.69. The molecule has 94 valence electrons. The van der Waals surface area contributed by atoms with Crippen LogP contribution in [0.5, 0.6) is 5.75 Å². The predicted octanol–water partition coefficient (Wildman–Crippen LogP) is 1.48. The van der Waals surface area contributed by atoms with E-state index in [4.69, 9.17) is 4.74 Å². The lowest BCUT2D eigenvalue weighted by Crippen LogP contribution is -2.26. The molecule has 0 aromatic heterocycles. The van der Waals surface area contributed by atoms with Crippen molar-refractivity contribution < 1.29 is 14.6 Å². The van der Waals surface area contributed by atoms with Crippen LogP contribution in [-0.2, 0) is 4.79 Å². The van der Waals surface area contributed by atoms with Crippen molar-refractivity contribution >= 4 is 5.91 Å². The molecule has 1 unspecified atom stereocenters. The number of carbonyl (C=O) groups is 1. The first kappa shape index (κ1) is 13.5. The Balaban J connectivity index is 2.90. The van der Waals surface area contributed by atoms with E-state index in [1.807, 2.05) is 26.0 Å². The highest BCUT2D eigenvalue weighted by Gasteiger charge is 2.13. The van der Waals surface area contributed by atoms with Crippen LogP contribution in [0.15, 0.2) is 12.1 Å². The summed E-state index contributed by atoms with van der Waals surface area (Å²) in [6.45, 7) is 5.49. The Hall–Kier alpha value is -1.55. The van der Waals surface area contributed by atoms with Crippen LogP contribution in [-0.4, -0.2) is 24.7 Å². The summed E-state index contributed by atoms with van der Waals surface area (Å²) in [4.78, 5) is 10.8. The van der Waals surface area contributed by atoms with E-state index >= 15 is 0 Å². The monoisotopic (exact) mass is 237 g/mol. The lowest BCUT2D eigenvalue weighted by atomic mass is 10.00. The number of carbonyl (C=O) groups excluding carboxylic acids is 1.